The number of hydrogen-bond donors (Lipinski definition) is 1. The molecule has 0 aliphatic heterocycles. The zero-order valence-corrected chi connectivity index (χ0v) is 12.4. The van der Waals surface area contributed by atoms with Gasteiger partial charge in [-0.15, -0.1) is 11.8 Å². The summed E-state index contributed by atoms with van der Waals surface area (Å²) in [4.78, 5) is 12.7. The summed E-state index contributed by atoms with van der Waals surface area (Å²) in [6, 6.07) is 8.86. The van der Waals surface area contributed by atoms with Crippen LogP contribution in [0.15, 0.2) is 47.4 Å². The summed E-state index contributed by atoms with van der Waals surface area (Å²) < 4.78 is 38.7. The number of nitrogens with one attached hydrogen (secondary N) is 1. The topological polar surface area (TPSA) is 29.1 Å². The molecule has 0 aliphatic carbocycles. The number of halogens is 3. The lowest BCUT2D eigenvalue weighted by Crippen LogP contribution is -2.25. The molecular formula is C16H14F3NOS. The monoisotopic (exact) mass is 325 g/mol. The van der Waals surface area contributed by atoms with Crippen molar-refractivity contribution in [1.29, 1.82) is 0 Å². The first kappa shape index (κ1) is 16.4. The van der Waals surface area contributed by atoms with Crippen molar-refractivity contribution in [3.8, 4) is 0 Å². The summed E-state index contributed by atoms with van der Waals surface area (Å²) in [7, 11) is 0. The number of hydrogen-bond acceptors (Lipinski definition) is 2. The first-order valence-electron chi connectivity index (χ1n) is 6.67. The van der Waals surface area contributed by atoms with Gasteiger partial charge < -0.3 is 5.32 Å². The fourth-order valence-corrected chi connectivity index (χ4v) is 2.63. The van der Waals surface area contributed by atoms with Gasteiger partial charge in [-0.25, -0.2) is 13.2 Å². The molecule has 0 fully saturated rings. The smallest absolute Gasteiger partial charge is 0.251 e. The normalized spacial score (nSPS) is 10.5. The molecule has 0 saturated heterocycles. The number of amides is 1. The average Bonchev–Trinajstić information content (AvgIpc) is 2.47. The standard InChI is InChI=1S/C16H14F3NOS/c17-12-2-4-15(5-3-12)22-7-1-6-20-16(21)11-8-13(18)10-14(19)9-11/h2-5,8-10H,1,6-7H2,(H,20,21). The van der Waals surface area contributed by atoms with Crippen molar-refractivity contribution in [2.45, 2.75) is 11.3 Å². The van der Waals surface area contributed by atoms with Gasteiger partial charge in [0.05, 0.1) is 0 Å². The van der Waals surface area contributed by atoms with Gasteiger partial charge in [-0.2, -0.15) is 0 Å². The third kappa shape index (κ3) is 5.11. The fraction of sp³-hybridized carbons (Fsp3) is 0.188. The lowest BCUT2D eigenvalue weighted by molar-refractivity contribution is 0.0953. The lowest BCUT2D eigenvalue weighted by Gasteiger charge is -2.06. The van der Waals surface area contributed by atoms with E-state index < -0.39 is 17.5 Å². The minimum Gasteiger partial charge on any atom is -0.352 e. The number of benzene rings is 2. The van der Waals surface area contributed by atoms with Crippen LogP contribution in [0.2, 0.25) is 0 Å². The summed E-state index contributed by atoms with van der Waals surface area (Å²) in [5, 5.41) is 2.60. The third-order valence-corrected chi connectivity index (χ3v) is 3.91. The van der Waals surface area contributed by atoms with Crippen molar-refractivity contribution in [3.05, 3.63) is 65.5 Å². The maximum atomic E-state index is 13.0. The van der Waals surface area contributed by atoms with Crippen LogP contribution in [0.4, 0.5) is 13.2 Å². The van der Waals surface area contributed by atoms with Gasteiger partial charge in [0.15, 0.2) is 0 Å². The number of thioether (sulfide) groups is 1. The molecule has 6 heteroatoms. The van der Waals surface area contributed by atoms with Gasteiger partial charge in [0.1, 0.15) is 17.5 Å². The predicted molar refractivity (Wildman–Crippen MR) is 80.4 cm³/mol. The highest BCUT2D eigenvalue weighted by molar-refractivity contribution is 7.99. The SMILES string of the molecule is O=C(NCCCSc1ccc(F)cc1)c1cc(F)cc(F)c1. The maximum Gasteiger partial charge on any atom is 0.251 e. The molecule has 1 amide bonds. The van der Waals surface area contributed by atoms with Crippen LogP contribution in [0.5, 0.6) is 0 Å². The molecule has 0 heterocycles. The van der Waals surface area contributed by atoms with E-state index in [1.54, 1.807) is 23.9 Å². The van der Waals surface area contributed by atoms with E-state index in [9.17, 15) is 18.0 Å². The largest absolute Gasteiger partial charge is 0.352 e. The minimum absolute atomic E-state index is 0.0383. The molecule has 0 spiro atoms. The summed E-state index contributed by atoms with van der Waals surface area (Å²) in [5.74, 6) is -1.61. The molecule has 1 N–H and O–H groups in total. The first-order valence-corrected chi connectivity index (χ1v) is 7.66. The molecule has 0 radical (unpaired) electrons. The van der Waals surface area contributed by atoms with E-state index in [0.717, 1.165) is 28.8 Å². The van der Waals surface area contributed by atoms with Gasteiger partial charge in [-0.3, -0.25) is 4.79 Å². The van der Waals surface area contributed by atoms with Crippen molar-refractivity contribution in [2.75, 3.05) is 12.3 Å². The maximum absolute atomic E-state index is 13.0. The van der Waals surface area contributed by atoms with Crippen LogP contribution >= 0.6 is 11.8 Å². The Morgan fingerprint density at radius 2 is 1.59 bits per heavy atom. The molecule has 0 aliphatic rings. The van der Waals surface area contributed by atoms with Crippen LogP contribution in [0.1, 0.15) is 16.8 Å². The van der Waals surface area contributed by atoms with Gasteiger partial charge >= 0.3 is 0 Å². The van der Waals surface area contributed by atoms with E-state index in [1.165, 1.54) is 12.1 Å². The van der Waals surface area contributed by atoms with Gasteiger partial charge in [0, 0.05) is 23.1 Å². The summed E-state index contributed by atoms with van der Waals surface area (Å²) in [6.45, 7) is 0.394. The van der Waals surface area contributed by atoms with Crippen LogP contribution in [0.3, 0.4) is 0 Å². The molecule has 2 rings (SSSR count). The Morgan fingerprint density at radius 1 is 0.955 bits per heavy atom. The highest BCUT2D eigenvalue weighted by Crippen LogP contribution is 2.18. The van der Waals surface area contributed by atoms with Gasteiger partial charge in [-0.05, 0) is 48.6 Å². The highest BCUT2D eigenvalue weighted by atomic mass is 32.2. The lowest BCUT2D eigenvalue weighted by atomic mass is 10.2. The molecule has 2 nitrogen and oxygen atoms in total. The quantitative estimate of drug-likeness (QED) is 0.642. The molecule has 116 valence electrons. The number of rotatable bonds is 6. The van der Waals surface area contributed by atoms with Crippen molar-refractivity contribution < 1.29 is 18.0 Å². The Labute approximate surface area is 130 Å². The van der Waals surface area contributed by atoms with Crippen LogP contribution in [0.25, 0.3) is 0 Å². The van der Waals surface area contributed by atoms with Crippen molar-refractivity contribution >= 4 is 17.7 Å². The van der Waals surface area contributed by atoms with E-state index in [0.29, 0.717) is 13.0 Å². The van der Waals surface area contributed by atoms with Crippen molar-refractivity contribution in [3.63, 3.8) is 0 Å². The zero-order chi connectivity index (χ0) is 15.9. The molecular weight excluding hydrogens is 311 g/mol. The molecule has 0 atom stereocenters. The van der Waals surface area contributed by atoms with E-state index in [1.807, 2.05) is 0 Å². The Kier molecular flexibility index (Phi) is 5.89. The molecule has 2 aromatic rings. The van der Waals surface area contributed by atoms with E-state index >= 15 is 0 Å². The summed E-state index contributed by atoms with van der Waals surface area (Å²) >= 11 is 1.54. The second-order valence-corrected chi connectivity index (χ2v) is 5.74. The zero-order valence-electron chi connectivity index (χ0n) is 11.6. The first-order chi connectivity index (χ1) is 10.5. The average molecular weight is 325 g/mol. The van der Waals surface area contributed by atoms with Gasteiger partial charge in [0.2, 0.25) is 0 Å². The Bertz CT molecular complexity index is 626. The Balaban J connectivity index is 1.72. The van der Waals surface area contributed by atoms with Crippen molar-refractivity contribution in [2.24, 2.45) is 0 Å². The number of carbonyl (C=O) groups is 1. The van der Waals surface area contributed by atoms with Crippen LogP contribution in [-0.2, 0) is 0 Å². The predicted octanol–water partition coefficient (Wildman–Crippen LogP) is 4.02. The second kappa shape index (κ2) is 7.89. The van der Waals surface area contributed by atoms with Crippen LogP contribution in [-0.4, -0.2) is 18.2 Å². The third-order valence-electron chi connectivity index (χ3n) is 2.81. The number of carbonyl (C=O) groups excluding carboxylic acids is 1. The molecule has 0 bridgehead atoms. The molecule has 22 heavy (non-hydrogen) atoms. The molecule has 2 aromatic carbocycles. The van der Waals surface area contributed by atoms with Crippen molar-refractivity contribution in [1.82, 2.24) is 5.32 Å². The molecule has 0 aromatic heterocycles. The highest BCUT2D eigenvalue weighted by Gasteiger charge is 2.08. The van der Waals surface area contributed by atoms with Gasteiger partial charge in [-0.1, -0.05) is 0 Å². The summed E-state index contributed by atoms with van der Waals surface area (Å²) in [6.07, 6.45) is 0.686. The molecule has 0 saturated carbocycles. The van der Waals surface area contributed by atoms with Crippen LogP contribution < -0.4 is 5.32 Å². The van der Waals surface area contributed by atoms with Crippen LogP contribution in [0, 0.1) is 17.5 Å². The minimum atomic E-state index is -0.781. The molecule has 0 unspecified atom stereocenters. The van der Waals surface area contributed by atoms with E-state index in [4.69, 9.17) is 0 Å². The fourth-order valence-electron chi connectivity index (χ4n) is 1.78. The summed E-state index contributed by atoms with van der Waals surface area (Å²) in [5.41, 5.74) is -0.0383. The second-order valence-electron chi connectivity index (χ2n) is 4.57. The van der Waals surface area contributed by atoms with Gasteiger partial charge in [0.25, 0.3) is 5.91 Å². The van der Waals surface area contributed by atoms with E-state index in [-0.39, 0.29) is 11.4 Å². The Morgan fingerprint density at radius 3 is 2.23 bits per heavy atom. The Hall–Kier alpha value is -1.95. The van der Waals surface area contributed by atoms with E-state index in [2.05, 4.69) is 5.32 Å².